The Morgan fingerprint density at radius 1 is 1.42 bits per heavy atom. The standard InChI is InChI=1S/C14H20N2O3/c1-14(2)13(17)16(7-8-18-4)11-9-10(15-3)5-6-12(11)19-14/h5-6,9,15H,7-8H2,1-4H3. The van der Waals surface area contributed by atoms with E-state index in [1.807, 2.05) is 25.2 Å². The van der Waals surface area contributed by atoms with Crippen LogP contribution in [-0.4, -0.2) is 38.8 Å². The highest BCUT2D eigenvalue weighted by Crippen LogP contribution is 2.39. The second kappa shape index (κ2) is 5.09. The number of methoxy groups -OCH3 is 1. The Labute approximate surface area is 113 Å². The van der Waals surface area contributed by atoms with Gasteiger partial charge in [-0.25, -0.2) is 0 Å². The van der Waals surface area contributed by atoms with Crippen molar-refractivity contribution in [1.29, 1.82) is 0 Å². The molecule has 1 aliphatic rings. The zero-order valence-corrected chi connectivity index (χ0v) is 11.8. The Hall–Kier alpha value is -1.75. The Morgan fingerprint density at radius 3 is 2.79 bits per heavy atom. The third kappa shape index (κ3) is 2.51. The van der Waals surface area contributed by atoms with Crippen molar-refractivity contribution >= 4 is 17.3 Å². The highest BCUT2D eigenvalue weighted by atomic mass is 16.5. The van der Waals surface area contributed by atoms with Gasteiger partial charge in [-0.05, 0) is 32.0 Å². The third-order valence-corrected chi connectivity index (χ3v) is 3.18. The molecule has 0 aliphatic carbocycles. The fourth-order valence-electron chi connectivity index (χ4n) is 2.13. The number of carbonyl (C=O) groups is 1. The summed E-state index contributed by atoms with van der Waals surface area (Å²) in [6.07, 6.45) is 0. The molecular formula is C14H20N2O3. The highest BCUT2D eigenvalue weighted by Gasteiger charge is 2.40. The number of carbonyl (C=O) groups excluding carboxylic acids is 1. The number of nitrogens with zero attached hydrogens (tertiary/aromatic N) is 1. The molecule has 1 heterocycles. The average molecular weight is 264 g/mol. The summed E-state index contributed by atoms with van der Waals surface area (Å²) in [5, 5.41) is 3.06. The molecule has 1 aromatic rings. The van der Waals surface area contributed by atoms with Crippen LogP contribution in [0.5, 0.6) is 5.75 Å². The van der Waals surface area contributed by atoms with E-state index in [0.717, 1.165) is 17.1 Å². The second-order valence-corrected chi connectivity index (χ2v) is 4.99. The van der Waals surface area contributed by atoms with Gasteiger partial charge in [0.25, 0.3) is 5.91 Å². The molecule has 1 amide bonds. The molecule has 5 heteroatoms. The fourth-order valence-corrected chi connectivity index (χ4v) is 2.13. The van der Waals surface area contributed by atoms with Gasteiger partial charge in [-0.15, -0.1) is 0 Å². The minimum absolute atomic E-state index is 0.0506. The zero-order valence-electron chi connectivity index (χ0n) is 11.8. The van der Waals surface area contributed by atoms with Gasteiger partial charge in [0.05, 0.1) is 12.3 Å². The molecule has 0 radical (unpaired) electrons. The number of nitrogens with one attached hydrogen (secondary N) is 1. The predicted octanol–water partition coefficient (Wildman–Crippen LogP) is 1.88. The van der Waals surface area contributed by atoms with E-state index in [2.05, 4.69) is 5.32 Å². The van der Waals surface area contributed by atoms with E-state index >= 15 is 0 Å². The van der Waals surface area contributed by atoms with Crippen LogP contribution >= 0.6 is 0 Å². The zero-order chi connectivity index (χ0) is 14.0. The molecule has 0 spiro atoms. The normalized spacial score (nSPS) is 16.8. The van der Waals surface area contributed by atoms with Crippen molar-refractivity contribution in [3.63, 3.8) is 0 Å². The molecule has 1 aromatic carbocycles. The van der Waals surface area contributed by atoms with Crippen molar-refractivity contribution in [3.8, 4) is 5.75 Å². The maximum atomic E-state index is 12.4. The lowest BCUT2D eigenvalue weighted by Gasteiger charge is -2.38. The smallest absolute Gasteiger partial charge is 0.270 e. The van der Waals surface area contributed by atoms with Crippen molar-refractivity contribution < 1.29 is 14.3 Å². The minimum atomic E-state index is -0.845. The Balaban J connectivity index is 2.43. The molecule has 0 atom stereocenters. The van der Waals surface area contributed by atoms with Crippen LogP contribution in [0, 0.1) is 0 Å². The minimum Gasteiger partial charge on any atom is -0.476 e. The van der Waals surface area contributed by atoms with Crippen molar-refractivity contribution in [1.82, 2.24) is 0 Å². The van der Waals surface area contributed by atoms with E-state index in [-0.39, 0.29) is 5.91 Å². The van der Waals surface area contributed by atoms with Gasteiger partial charge in [-0.3, -0.25) is 4.79 Å². The number of hydrogen-bond donors (Lipinski definition) is 1. The molecule has 0 aromatic heterocycles. The third-order valence-electron chi connectivity index (χ3n) is 3.18. The van der Waals surface area contributed by atoms with Gasteiger partial charge < -0.3 is 19.7 Å². The van der Waals surface area contributed by atoms with Crippen molar-refractivity contribution in [2.75, 3.05) is 37.5 Å². The molecule has 1 N–H and O–H groups in total. The number of anilines is 2. The van der Waals surface area contributed by atoms with Gasteiger partial charge in [-0.1, -0.05) is 0 Å². The van der Waals surface area contributed by atoms with Crippen LogP contribution in [0.1, 0.15) is 13.8 Å². The van der Waals surface area contributed by atoms with E-state index in [9.17, 15) is 4.79 Å². The van der Waals surface area contributed by atoms with Crippen LogP contribution in [0.4, 0.5) is 11.4 Å². The number of rotatable bonds is 4. The van der Waals surface area contributed by atoms with Crippen molar-refractivity contribution in [2.45, 2.75) is 19.4 Å². The van der Waals surface area contributed by atoms with Crippen molar-refractivity contribution in [2.24, 2.45) is 0 Å². The molecular weight excluding hydrogens is 244 g/mol. The lowest BCUT2D eigenvalue weighted by molar-refractivity contribution is -0.132. The number of ether oxygens (including phenoxy) is 2. The fraction of sp³-hybridized carbons (Fsp3) is 0.500. The summed E-state index contributed by atoms with van der Waals surface area (Å²) in [6, 6.07) is 5.73. The second-order valence-electron chi connectivity index (χ2n) is 4.99. The van der Waals surface area contributed by atoms with E-state index in [4.69, 9.17) is 9.47 Å². The molecule has 19 heavy (non-hydrogen) atoms. The van der Waals surface area contributed by atoms with Gasteiger partial charge in [0, 0.05) is 26.4 Å². The molecule has 0 unspecified atom stereocenters. The molecule has 0 fully saturated rings. The van der Waals surface area contributed by atoms with Crippen LogP contribution in [0.3, 0.4) is 0 Å². The number of amides is 1. The van der Waals surface area contributed by atoms with Gasteiger partial charge in [0.15, 0.2) is 5.60 Å². The van der Waals surface area contributed by atoms with Gasteiger partial charge in [0.2, 0.25) is 0 Å². The van der Waals surface area contributed by atoms with Crippen LogP contribution < -0.4 is 15.0 Å². The van der Waals surface area contributed by atoms with Crippen molar-refractivity contribution in [3.05, 3.63) is 18.2 Å². The number of fused-ring (bicyclic) bond motifs is 1. The maximum Gasteiger partial charge on any atom is 0.270 e. The summed E-state index contributed by atoms with van der Waals surface area (Å²) < 4.78 is 10.9. The summed E-state index contributed by atoms with van der Waals surface area (Å²) >= 11 is 0. The van der Waals surface area contributed by atoms with Crippen LogP contribution in [-0.2, 0) is 9.53 Å². The van der Waals surface area contributed by atoms with E-state index in [1.165, 1.54) is 0 Å². The Kier molecular flexibility index (Phi) is 3.66. The molecule has 0 bridgehead atoms. The molecule has 2 rings (SSSR count). The van der Waals surface area contributed by atoms with E-state index in [1.54, 1.807) is 25.9 Å². The first-order valence-electron chi connectivity index (χ1n) is 6.31. The lowest BCUT2D eigenvalue weighted by atomic mass is 10.0. The molecule has 0 saturated heterocycles. The lowest BCUT2D eigenvalue weighted by Crippen LogP contribution is -2.53. The first-order valence-corrected chi connectivity index (χ1v) is 6.31. The maximum absolute atomic E-state index is 12.4. The SMILES string of the molecule is CNc1ccc2c(c1)N(CCOC)C(=O)C(C)(C)O2. The summed E-state index contributed by atoms with van der Waals surface area (Å²) in [5.41, 5.74) is 0.882. The first-order chi connectivity index (χ1) is 8.99. The Morgan fingerprint density at radius 2 is 2.16 bits per heavy atom. The molecule has 104 valence electrons. The highest BCUT2D eigenvalue weighted by molar-refractivity contribution is 6.02. The van der Waals surface area contributed by atoms with Crippen LogP contribution in [0.15, 0.2) is 18.2 Å². The van der Waals surface area contributed by atoms with Crippen LogP contribution in [0.25, 0.3) is 0 Å². The molecule has 5 nitrogen and oxygen atoms in total. The first kappa shape index (κ1) is 13.7. The summed E-state index contributed by atoms with van der Waals surface area (Å²) in [4.78, 5) is 14.2. The van der Waals surface area contributed by atoms with E-state index in [0.29, 0.717) is 13.2 Å². The number of benzene rings is 1. The van der Waals surface area contributed by atoms with Gasteiger partial charge in [-0.2, -0.15) is 0 Å². The Bertz CT molecular complexity index is 486. The summed E-state index contributed by atoms with van der Waals surface area (Å²) in [7, 11) is 3.47. The quantitative estimate of drug-likeness (QED) is 0.902. The number of hydrogen-bond acceptors (Lipinski definition) is 4. The topological polar surface area (TPSA) is 50.8 Å². The largest absolute Gasteiger partial charge is 0.476 e. The van der Waals surface area contributed by atoms with Crippen LogP contribution in [0.2, 0.25) is 0 Å². The molecule has 1 aliphatic heterocycles. The summed E-state index contributed by atoms with van der Waals surface area (Å²) in [6.45, 7) is 4.57. The van der Waals surface area contributed by atoms with Gasteiger partial charge >= 0.3 is 0 Å². The predicted molar refractivity (Wildman–Crippen MR) is 74.9 cm³/mol. The summed E-state index contributed by atoms with van der Waals surface area (Å²) in [5.74, 6) is 0.671. The average Bonchev–Trinajstić information content (AvgIpc) is 2.39. The monoisotopic (exact) mass is 264 g/mol. The molecule has 0 saturated carbocycles. The van der Waals surface area contributed by atoms with Gasteiger partial charge in [0.1, 0.15) is 5.75 Å². The van der Waals surface area contributed by atoms with E-state index < -0.39 is 5.60 Å².